The van der Waals surface area contributed by atoms with Crippen LogP contribution in [-0.2, 0) is 5.41 Å². The summed E-state index contributed by atoms with van der Waals surface area (Å²) < 4.78 is 0. The molecular weight excluding hydrogens is 246 g/mol. The van der Waals surface area contributed by atoms with Gasteiger partial charge in [-0.3, -0.25) is 0 Å². The second-order valence-corrected chi connectivity index (χ2v) is 6.01. The summed E-state index contributed by atoms with van der Waals surface area (Å²) in [7, 11) is 0. The third kappa shape index (κ3) is 3.23. The van der Waals surface area contributed by atoms with Gasteiger partial charge in [-0.15, -0.1) is 0 Å². The average molecular weight is 269 g/mol. The van der Waals surface area contributed by atoms with E-state index in [4.69, 9.17) is 10.7 Å². The zero-order valence-corrected chi connectivity index (χ0v) is 12.8. The zero-order chi connectivity index (χ0) is 14.8. The van der Waals surface area contributed by atoms with E-state index in [2.05, 4.69) is 50.0 Å². The van der Waals surface area contributed by atoms with Crippen LogP contribution in [0.2, 0.25) is 0 Å². The molecule has 0 fully saturated rings. The Morgan fingerprint density at radius 3 is 2.50 bits per heavy atom. The van der Waals surface area contributed by atoms with Gasteiger partial charge >= 0.3 is 0 Å². The molecule has 0 unspecified atom stereocenters. The summed E-state index contributed by atoms with van der Waals surface area (Å²) in [6.07, 6.45) is 0.879. The molecule has 0 atom stereocenters. The van der Waals surface area contributed by atoms with Crippen LogP contribution in [0.15, 0.2) is 30.3 Å². The van der Waals surface area contributed by atoms with Crippen molar-refractivity contribution in [2.45, 2.75) is 39.5 Å². The van der Waals surface area contributed by atoms with Crippen LogP contribution < -0.4 is 5.73 Å². The topological polar surface area (TPSA) is 51.8 Å². The van der Waals surface area contributed by atoms with E-state index >= 15 is 0 Å². The minimum atomic E-state index is -0.0979. The van der Waals surface area contributed by atoms with E-state index in [0.29, 0.717) is 6.54 Å². The van der Waals surface area contributed by atoms with Crippen LogP contribution in [0.1, 0.15) is 37.4 Å². The van der Waals surface area contributed by atoms with E-state index in [1.807, 2.05) is 13.0 Å². The fourth-order valence-electron chi connectivity index (χ4n) is 2.30. The second-order valence-electron chi connectivity index (χ2n) is 6.01. The van der Waals surface area contributed by atoms with Gasteiger partial charge < -0.3 is 5.73 Å². The van der Waals surface area contributed by atoms with Crippen molar-refractivity contribution in [1.82, 2.24) is 9.97 Å². The minimum absolute atomic E-state index is 0.0979. The first-order valence-corrected chi connectivity index (χ1v) is 7.05. The number of hydrogen-bond donors (Lipinski definition) is 1. The van der Waals surface area contributed by atoms with Gasteiger partial charge in [-0.05, 0) is 38.9 Å². The van der Waals surface area contributed by atoms with E-state index in [0.717, 1.165) is 29.2 Å². The van der Waals surface area contributed by atoms with Gasteiger partial charge in [0.2, 0.25) is 0 Å². The van der Waals surface area contributed by atoms with Gasteiger partial charge in [0.1, 0.15) is 5.82 Å². The lowest BCUT2D eigenvalue weighted by molar-refractivity contribution is 0.456. The van der Waals surface area contributed by atoms with Gasteiger partial charge in [-0.1, -0.05) is 37.6 Å². The zero-order valence-electron chi connectivity index (χ0n) is 12.8. The molecule has 1 aromatic heterocycles. The molecule has 0 saturated carbocycles. The van der Waals surface area contributed by atoms with Crippen LogP contribution in [0.5, 0.6) is 0 Å². The fraction of sp³-hybridized carbons (Fsp3) is 0.412. The molecule has 0 spiro atoms. The Hall–Kier alpha value is -1.74. The number of nitrogens with zero attached hydrogens (tertiary/aromatic N) is 2. The van der Waals surface area contributed by atoms with E-state index in [1.54, 1.807) is 0 Å². The van der Waals surface area contributed by atoms with E-state index < -0.39 is 0 Å². The number of rotatable bonds is 4. The molecule has 0 aliphatic heterocycles. The third-order valence-electron chi connectivity index (χ3n) is 3.54. The maximum Gasteiger partial charge on any atom is 0.134 e. The Labute approximate surface area is 121 Å². The SMILES string of the molecule is Cc1cccc(-c2cc(C)nc(C(C)(C)CCN)n2)c1. The van der Waals surface area contributed by atoms with Gasteiger partial charge in [0.05, 0.1) is 5.69 Å². The largest absolute Gasteiger partial charge is 0.330 e. The normalized spacial score (nSPS) is 11.7. The number of nitrogens with two attached hydrogens (primary N) is 1. The molecule has 0 bridgehead atoms. The standard InChI is InChI=1S/C17H23N3/c1-12-6-5-7-14(10-12)15-11-13(2)19-16(20-15)17(3,4)8-9-18/h5-7,10-11H,8-9,18H2,1-4H3. The quantitative estimate of drug-likeness (QED) is 0.925. The van der Waals surface area contributed by atoms with Crippen molar-refractivity contribution in [2.75, 3.05) is 6.54 Å². The molecule has 106 valence electrons. The molecule has 20 heavy (non-hydrogen) atoms. The van der Waals surface area contributed by atoms with Crippen LogP contribution in [0.4, 0.5) is 0 Å². The first-order chi connectivity index (χ1) is 9.42. The van der Waals surface area contributed by atoms with Crippen molar-refractivity contribution in [3.8, 4) is 11.3 Å². The molecule has 1 heterocycles. The predicted octanol–water partition coefficient (Wildman–Crippen LogP) is 3.39. The highest BCUT2D eigenvalue weighted by Crippen LogP contribution is 2.26. The van der Waals surface area contributed by atoms with Crippen molar-refractivity contribution in [1.29, 1.82) is 0 Å². The lowest BCUT2D eigenvalue weighted by Crippen LogP contribution is -2.25. The third-order valence-corrected chi connectivity index (χ3v) is 3.54. The summed E-state index contributed by atoms with van der Waals surface area (Å²) in [6.45, 7) is 9.05. The summed E-state index contributed by atoms with van der Waals surface area (Å²) in [5.41, 5.74) is 9.97. The number of aryl methyl sites for hydroxylation is 2. The van der Waals surface area contributed by atoms with Crippen molar-refractivity contribution in [3.05, 3.63) is 47.4 Å². The van der Waals surface area contributed by atoms with E-state index in [-0.39, 0.29) is 5.41 Å². The summed E-state index contributed by atoms with van der Waals surface area (Å²) in [4.78, 5) is 9.37. The van der Waals surface area contributed by atoms with Crippen LogP contribution >= 0.6 is 0 Å². The molecule has 1 aromatic carbocycles. The summed E-state index contributed by atoms with van der Waals surface area (Å²) in [6, 6.07) is 10.4. The monoisotopic (exact) mass is 269 g/mol. The first-order valence-electron chi connectivity index (χ1n) is 7.05. The van der Waals surface area contributed by atoms with Crippen molar-refractivity contribution in [3.63, 3.8) is 0 Å². The molecule has 2 N–H and O–H groups in total. The fourth-order valence-corrected chi connectivity index (χ4v) is 2.30. The van der Waals surface area contributed by atoms with Crippen molar-refractivity contribution < 1.29 is 0 Å². The summed E-state index contributed by atoms with van der Waals surface area (Å²) in [5.74, 6) is 0.874. The molecule has 2 rings (SSSR count). The minimum Gasteiger partial charge on any atom is -0.330 e. The molecule has 2 aromatic rings. The number of aromatic nitrogens is 2. The van der Waals surface area contributed by atoms with Gasteiger partial charge in [-0.2, -0.15) is 0 Å². The number of hydrogen-bond acceptors (Lipinski definition) is 3. The van der Waals surface area contributed by atoms with E-state index in [1.165, 1.54) is 5.56 Å². The Morgan fingerprint density at radius 1 is 1.10 bits per heavy atom. The molecular formula is C17H23N3. The Morgan fingerprint density at radius 2 is 1.85 bits per heavy atom. The van der Waals surface area contributed by atoms with Crippen molar-refractivity contribution in [2.24, 2.45) is 5.73 Å². The Kier molecular flexibility index (Phi) is 4.19. The Balaban J connectivity index is 2.49. The molecule has 0 amide bonds. The lowest BCUT2D eigenvalue weighted by atomic mass is 9.88. The van der Waals surface area contributed by atoms with E-state index in [9.17, 15) is 0 Å². The first kappa shape index (κ1) is 14.7. The Bertz CT molecular complexity index is 603. The van der Waals surface area contributed by atoms with Crippen LogP contribution in [0.25, 0.3) is 11.3 Å². The van der Waals surface area contributed by atoms with Gasteiger partial charge in [0.25, 0.3) is 0 Å². The van der Waals surface area contributed by atoms with Gasteiger partial charge in [-0.25, -0.2) is 9.97 Å². The molecule has 0 radical (unpaired) electrons. The lowest BCUT2D eigenvalue weighted by Gasteiger charge is -2.23. The van der Waals surface area contributed by atoms with Crippen LogP contribution in [0, 0.1) is 13.8 Å². The predicted molar refractivity (Wildman–Crippen MR) is 83.6 cm³/mol. The molecule has 3 nitrogen and oxygen atoms in total. The highest BCUT2D eigenvalue weighted by molar-refractivity contribution is 5.60. The van der Waals surface area contributed by atoms with Crippen LogP contribution in [-0.4, -0.2) is 16.5 Å². The highest BCUT2D eigenvalue weighted by atomic mass is 14.9. The number of benzene rings is 1. The summed E-state index contributed by atoms with van der Waals surface area (Å²) in [5, 5.41) is 0. The second kappa shape index (κ2) is 5.71. The highest BCUT2D eigenvalue weighted by Gasteiger charge is 2.24. The van der Waals surface area contributed by atoms with Gasteiger partial charge in [0, 0.05) is 16.7 Å². The van der Waals surface area contributed by atoms with Crippen LogP contribution in [0.3, 0.4) is 0 Å². The maximum atomic E-state index is 5.70. The molecule has 0 aliphatic rings. The smallest absolute Gasteiger partial charge is 0.134 e. The average Bonchev–Trinajstić information content (AvgIpc) is 2.38. The molecule has 0 saturated heterocycles. The summed E-state index contributed by atoms with van der Waals surface area (Å²) >= 11 is 0. The molecule has 3 heteroatoms. The van der Waals surface area contributed by atoms with Gasteiger partial charge in [0.15, 0.2) is 0 Å². The van der Waals surface area contributed by atoms with Crippen molar-refractivity contribution >= 4 is 0 Å². The maximum absolute atomic E-state index is 5.70. The molecule has 0 aliphatic carbocycles.